The maximum Gasteiger partial charge on any atom is 0.270 e. The van der Waals surface area contributed by atoms with E-state index in [0.29, 0.717) is 29.0 Å². The second-order valence-electron chi connectivity index (χ2n) is 4.53. The van der Waals surface area contributed by atoms with Crippen LogP contribution in [0.2, 0.25) is 0 Å². The van der Waals surface area contributed by atoms with E-state index >= 15 is 0 Å². The van der Waals surface area contributed by atoms with Gasteiger partial charge >= 0.3 is 0 Å². The Kier molecular flexibility index (Phi) is 3.28. The Bertz CT molecular complexity index is 910. The van der Waals surface area contributed by atoms with Gasteiger partial charge in [-0.1, -0.05) is 31.0 Å². The maximum absolute atomic E-state index is 12.9. The molecule has 0 saturated heterocycles. The topological polar surface area (TPSA) is 63.6 Å². The molecule has 1 aromatic carbocycles. The molecule has 3 rings (SSSR count). The highest BCUT2D eigenvalue weighted by Crippen LogP contribution is 2.14. The first kappa shape index (κ1) is 13.1. The van der Waals surface area contributed by atoms with Crippen LogP contribution in [0.5, 0.6) is 0 Å². The lowest BCUT2D eigenvalue weighted by molar-refractivity contribution is 0.830. The minimum absolute atomic E-state index is 0.144. The van der Waals surface area contributed by atoms with E-state index in [1.165, 1.54) is 0 Å². The van der Waals surface area contributed by atoms with Crippen molar-refractivity contribution in [3.8, 4) is 17.5 Å². The number of fused-ring (bicyclic) bond motifs is 1. The Morgan fingerprint density at radius 2 is 2.05 bits per heavy atom. The molecule has 104 valence electrons. The molecule has 5 nitrogen and oxygen atoms in total. The van der Waals surface area contributed by atoms with Crippen LogP contribution in [0.4, 0.5) is 0 Å². The number of rotatable bonds is 2. The zero-order valence-corrected chi connectivity index (χ0v) is 11.8. The number of nitrogens with one attached hydrogen (secondary N) is 1. The van der Waals surface area contributed by atoms with Gasteiger partial charge in [0.15, 0.2) is 5.65 Å². The highest BCUT2D eigenvalue weighted by atomic mass is 16.1. The average molecular weight is 278 g/mol. The summed E-state index contributed by atoms with van der Waals surface area (Å²) in [7, 11) is 0. The summed E-state index contributed by atoms with van der Waals surface area (Å²) in [5.41, 5.74) is 1.58. The van der Waals surface area contributed by atoms with Crippen molar-refractivity contribution in [2.45, 2.75) is 20.3 Å². The number of benzene rings is 1. The Balaban J connectivity index is 2.42. The number of aromatic amines is 1. The van der Waals surface area contributed by atoms with E-state index in [1.807, 2.05) is 37.3 Å². The lowest BCUT2D eigenvalue weighted by Crippen LogP contribution is -2.23. The van der Waals surface area contributed by atoms with E-state index in [9.17, 15) is 4.79 Å². The van der Waals surface area contributed by atoms with Gasteiger partial charge in [0, 0.05) is 6.42 Å². The Morgan fingerprint density at radius 3 is 2.71 bits per heavy atom. The largest absolute Gasteiger partial charge is 0.270 e. The Hall–Kier alpha value is -2.87. The van der Waals surface area contributed by atoms with Gasteiger partial charge in [0.05, 0.1) is 5.69 Å². The van der Waals surface area contributed by atoms with Crippen LogP contribution in [0.1, 0.15) is 25.4 Å². The van der Waals surface area contributed by atoms with Crippen molar-refractivity contribution in [1.82, 2.24) is 19.7 Å². The van der Waals surface area contributed by atoms with Crippen LogP contribution in [0.25, 0.3) is 16.7 Å². The summed E-state index contributed by atoms with van der Waals surface area (Å²) in [5, 5.41) is 7.31. The third kappa shape index (κ3) is 2.11. The Labute approximate surface area is 121 Å². The molecule has 0 aliphatic carbocycles. The fraction of sp³-hybridized carbons (Fsp3) is 0.188. The standard InChI is InChI=1S/C16H14N4O/c1-3-8-12-14-15(19-18-12)17-13(4-2)20(16(14)21)11-9-6-5-7-10-11/h5-7,9-10H,4H2,1-2H3,(H,18,19). The van der Waals surface area contributed by atoms with Gasteiger partial charge in [-0.25, -0.2) is 4.98 Å². The second-order valence-corrected chi connectivity index (χ2v) is 4.53. The van der Waals surface area contributed by atoms with Crippen LogP contribution >= 0.6 is 0 Å². The van der Waals surface area contributed by atoms with E-state index in [-0.39, 0.29) is 5.56 Å². The van der Waals surface area contributed by atoms with Crippen LogP contribution < -0.4 is 5.56 Å². The van der Waals surface area contributed by atoms with E-state index in [1.54, 1.807) is 11.5 Å². The van der Waals surface area contributed by atoms with Gasteiger partial charge in [0.1, 0.15) is 16.9 Å². The second kappa shape index (κ2) is 5.25. The molecular weight excluding hydrogens is 264 g/mol. The van der Waals surface area contributed by atoms with Crippen molar-refractivity contribution < 1.29 is 0 Å². The number of hydrogen-bond acceptors (Lipinski definition) is 3. The minimum atomic E-state index is -0.144. The van der Waals surface area contributed by atoms with Gasteiger partial charge in [-0.15, -0.1) is 0 Å². The monoisotopic (exact) mass is 278 g/mol. The summed E-state index contributed by atoms with van der Waals surface area (Å²) >= 11 is 0. The van der Waals surface area contributed by atoms with E-state index < -0.39 is 0 Å². The molecule has 0 unspecified atom stereocenters. The van der Waals surface area contributed by atoms with Gasteiger partial charge < -0.3 is 0 Å². The molecule has 0 spiro atoms. The molecule has 2 heterocycles. The zero-order valence-electron chi connectivity index (χ0n) is 11.8. The molecule has 0 saturated carbocycles. The van der Waals surface area contributed by atoms with E-state index in [4.69, 9.17) is 0 Å². The predicted molar refractivity (Wildman–Crippen MR) is 81.4 cm³/mol. The van der Waals surface area contributed by atoms with Crippen molar-refractivity contribution in [1.29, 1.82) is 0 Å². The third-order valence-electron chi connectivity index (χ3n) is 3.24. The minimum Gasteiger partial charge on any atom is -0.268 e. The van der Waals surface area contributed by atoms with Gasteiger partial charge in [-0.2, -0.15) is 5.10 Å². The predicted octanol–water partition coefficient (Wildman–Crippen LogP) is 2.04. The average Bonchev–Trinajstić information content (AvgIpc) is 2.91. The molecule has 0 bridgehead atoms. The number of aryl methyl sites for hydroxylation is 1. The van der Waals surface area contributed by atoms with Crippen molar-refractivity contribution in [3.05, 3.63) is 52.2 Å². The summed E-state index contributed by atoms with van der Waals surface area (Å²) in [5.74, 6) is 6.33. The van der Waals surface area contributed by atoms with E-state index in [0.717, 1.165) is 5.69 Å². The molecule has 5 heteroatoms. The molecule has 0 atom stereocenters. The first-order valence-corrected chi connectivity index (χ1v) is 6.74. The number of H-pyrrole nitrogens is 1. The molecule has 2 aromatic heterocycles. The fourth-order valence-corrected chi connectivity index (χ4v) is 2.31. The molecule has 0 aliphatic heterocycles. The zero-order chi connectivity index (χ0) is 14.8. The number of para-hydroxylation sites is 1. The normalized spacial score (nSPS) is 10.4. The third-order valence-corrected chi connectivity index (χ3v) is 3.24. The first-order valence-electron chi connectivity index (χ1n) is 6.74. The highest BCUT2D eigenvalue weighted by Gasteiger charge is 2.16. The van der Waals surface area contributed by atoms with Crippen LogP contribution in [0.15, 0.2) is 35.1 Å². The molecular formula is C16H14N4O. The van der Waals surface area contributed by atoms with Crippen LogP contribution in [0, 0.1) is 11.8 Å². The van der Waals surface area contributed by atoms with E-state index in [2.05, 4.69) is 27.0 Å². The first-order chi connectivity index (χ1) is 10.3. The van der Waals surface area contributed by atoms with Gasteiger partial charge in [-0.05, 0) is 25.0 Å². The molecule has 21 heavy (non-hydrogen) atoms. The summed E-state index contributed by atoms with van der Waals surface area (Å²) in [6.45, 7) is 3.68. The molecule has 3 aromatic rings. The molecule has 0 aliphatic rings. The number of nitrogens with zero attached hydrogens (tertiary/aromatic N) is 3. The highest BCUT2D eigenvalue weighted by molar-refractivity contribution is 5.80. The van der Waals surface area contributed by atoms with Crippen LogP contribution in [0.3, 0.4) is 0 Å². The van der Waals surface area contributed by atoms with Gasteiger partial charge in [0.25, 0.3) is 5.56 Å². The Morgan fingerprint density at radius 1 is 1.29 bits per heavy atom. The number of hydrogen-bond donors (Lipinski definition) is 1. The number of aromatic nitrogens is 4. The summed E-state index contributed by atoms with van der Waals surface area (Å²) in [6.07, 6.45) is 0.641. The van der Waals surface area contributed by atoms with Crippen molar-refractivity contribution >= 4 is 11.0 Å². The molecule has 1 N–H and O–H groups in total. The van der Waals surface area contributed by atoms with Crippen LogP contribution in [-0.2, 0) is 6.42 Å². The maximum atomic E-state index is 12.9. The summed E-state index contributed by atoms with van der Waals surface area (Å²) < 4.78 is 1.62. The summed E-state index contributed by atoms with van der Waals surface area (Å²) in [6, 6.07) is 9.48. The van der Waals surface area contributed by atoms with Crippen LogP contribution in [-0.4, -0.2) is 19.7 Å². The van der Waals surface area contributed by atoms with Crippen molar-refractivity contribution in [2.75, 3.05) is 0 Å². The lowest BCUT2D eigenvalue weighted by atomic mass is 10.2. The molecule has 0 fully saturated rings. The summed E-state index contributed by atoms with van der Waals surface area (Å²) in [4.78, 5) is 17.3. The van der Waals surface area contributed by atoms with Crippen molar-refractivity contribution in [2.24, 2.45) is 0 Å². The fourth-order valence-electron chi connectivity index (χ4n) is 2.31. The lowest BCUT2D eigenvalue weighted by Gasteiger charge is -2.10. The van der Waals surface area contributed by atoms with Crippen molar-refractivity contribution in [3.63, 3.8) is 0 Å². The van der Waals surface area contributed by atoms with Gasteiger partial charge in [0.2, 0.25) is 0 Å². The van der Waals surface area contributed by atoms with Gasteiger partial charge in [-0.3, -0.25) is 14.5 Å². The molecule has 0 amide bonds. The quantitative estimate of drug-likeness (QED) is 0.730. The molecule has 0 radical (unpaired) electrons. The SMILES string of the molecule is CC#Cc1[nH]nc2nc(CC)n(-c3ccccc3)c(=O)c12. The smallest absolute Gasteiger partial charge is 0.268 e.